The van der Waals surface area contributed by atoms with Gasteiger partial charge in [-0.1, -0.05) is 77.9 Å². The molecule has 2 aromatic rings. The smallest absolute Gasteiger partial charge is 0.380 e. The molecule has 0 N–H and O–H groups in total. The highest BCUT2D eigenvalue weighted by atomic mass is 16.8. The lowest BCUT2D eigenvalue weighted by atomic mass is 9.59. The largest absolute Gasteiger partial charge is 0.463 e. The molecule has 1 spiro atoms. The van der Waals surface area contributed by atoms with Gasteiger partial charge in [0, 0.05) is 37.3 Å². The van der Waals surface area contributed by atoms with Gasteiger partial charge < -0.3 is 33.5 Å². The van der Waals surface area contributed by atoms with Crippen molar-refractivity contribution in [1.82, 2.24) is 0 Å². The van der Waals surface area contributed by atoms with Crippen molar-refractivity contribution in [1.29, 1.82) is 0 Å². The number of carbonyl (C=O) groups is 5. The number of likely N-dealkylation sites (N-methyl/N-ethyl adjacent to an activating group) is 2. The van der Waals surface area contributed by atoms with Gasteiger partial charge in [0.15, 0.2) is 0 Å². The number of esters is 3. The minimum atomic E-state index is -2.48. The van der Waals surface area contributed by atoms with Crippen LogP contribution in [0, 0.1) is 16.7 Å². The van der Waals surface area contributed by atoms with Crippen molar-refractivity contribution in [3.63, 3.8) is 0 Å². The number of nitrogens with zero attached hydrogens (tertiary/aromatic N) is 2. The van der Waals surface area contributed by atoms with Crippen molar-refractivity contribution in [3.05, 3.63) is 77.6 Å². The molecule has 4 aliphatic rings. The van der Waals surface area contributed by atoms with Gasteiger partial charge in [-0.15, -0.1) is 0 Å². The molecule has 12 nitrogen and oxygen atoms in total. The molecule has 2 fully saturated rings. The third kappa shape index (κ3) is 6.18. The van der Waals surface area contributed by atoms with Crippen LogP contribution in [0.25, 0.3) is 5.57 Å². The predicted octanol–water partition coefficient (Wildman–Crippen LogP) is 5.87. The van der Waals surface area contributed by atoms with E-state index in [1.54, 1.807) is 83.4 Å². The summed E-state index contributed by atoms with van der Waals surface area (Å²) < 4.78 is 31.0. The Bertz CT molecular complexity index is 2000. The standard InChI is InChI=1S/C42H50N2O10/c1-37(2,3)23-50-35(48)40(22-27-26-16-12-14-18-29(26)43(10)33(27)46)41(28-17-13-15-19-30(28)44(11)34(41)47)31-20-25(21-32(45)53-39(7,8)9)52-42(31,54-40)36(49)51-24-38(4,5)6/h12-19,21-22,31H,20,23-24H2,1-11H3/b25-21-,27-22-/t31-,40+,41+,42-/m1/s1. The number of fused-ring (bicyclic) bond motifs is 5. The summed E-state index contributed by atoms with van der Waals surface area (Å²) in [7, 11) is 3.18. The molecular formula is C42H50N2O10. The fourth-order valence-electron chi connectivity index (χ4n) is 7.73. The zero-order valence-corrected chi connectivity index (χ0v) is 32.9. The van der Waals surface area contributed by atoms with Crippen molar-refractivity contribution in [2.75, 3.05) is 37.1 Å². The van der Waals surface area contributed by atoms with E-state index in [0.717, 1.165) is 6.08 Å². The van der Waals surface area contributed by atoms with Crippen molar-refractivity contribution in [2.24, 2.45) is 16.7 Å². The maximum Gasteiger partial charge on any atom is 0.380 e. The van der Waals surface area contributed by atoms with Crippen molar-refractivity contribution >= 4 is 46.7 Å². The summed E-state index contributed by atoms with van der Waals surface area (Å²) in [4.78, 5) is 75.7. The molecule has 4 aliphatic heterocycles. The number of rotatable bonds is 6. The van der Waals surface area contributed by atoms with E-state index in [1.165, 1.54) is 15.9 Å². The molecule has 4 heterocycles. The molecule has 54 heavy (non-hydrogen) atoms. The zero-order valence-electron chi connectivity index (χ0n) is 32.9. The average Bonchev–Trinajstić information content (AvgIpc) is 3.70. The number of allylic oxidation sites excluding steroid dienone is 1. The first-order chi connectivity index (χ1) is 25.0. The van der Waals surface area contributed by atoms with Gasteiger partial charge in [0.25, 0.3) is 5.91 Å². The predicted molar refractivity (Wildman–Crippen MR) is 200 cm³/mol. The van der Waals surface area contributed by atoms with E-state index in [1.807, 2.05) is 41.5 Å². The molecule has 2 saturated heterocycles. The first-order valence-electron chi connectivity index (χ1n) is 18.1. The topological polar surface area (TPSA) is 138 Å². The van der Waals surface area contributed by atoms with Crippen LogP contribution in [0.15, 0.2) is 66.4 Å². The molecule has 2 amide bonds. The quantitative estimate of drug-likeness (QED) is 0.201. The molecule has 0 unspecified atom stereocenters. The Morgan fingerprint density at radius 1 is 0.815 bits per heavy atom. The molecule has 2 aromatic carbocycles. The summed E-state index contributed by atoms with van der Waals surface area (Å²) in [5, 5.41) is 0. The fourth-order valence-corrected chi connectivity index (χ4v) is 7.73. The Balaban J connectivity index is 1.69. The van der Waals surface area contributed by atoms with Crippen LogP contribution in [0.5, 0.6) is 0 Å². The first kappa shape index (κ1) is 38.7. The van der Waals surface area contributed by atoms with Crippen molar-refractivity contribution in [2.45, 2.75) is 91.1 Å². The summed E-state index contributed by atoms with van der Waals surface area (Å²) in [5.74, 6) is -7.60. The van der Waals surface area contributed by atoms with Crippen molar-refractivity contribution < 1.29 is 47.7 Å². The molecule has 6 rings (SSSR count). The van der Waals surface area contributed by atoms with Gasteiger partial charge in [0.05, 0.1) is 30.9 Å². The minimum absolute atomic E-state index is 0.00694. The monoisotopic (exact) mass is 742 g/mol. The molecule has 288 valence electrons. The maximum atomic E-state index is 15.4. The van der Waals surface area contributed by atoms with Gasteiger partial charge in [-0.3, -0.25) is 9.59 Å². The second-order valence-corrected chi connectivity index (χ2v) is 17.9. The number of benzene rings is 2. The highest BCUT2D eigenvalue weighted by molar-refractivity contribution is 6.33. The van der Waals surface area contributed by atoms with Crippen LogP contribution in [-0.2, 0) is 53.1 Å². The molecule has 0 bridgehead atoms. The maximum absolute atomic E-state index is 15.4. The van der Waals surface area contributed by atoms with Gasteiger partial charge in [0.1, 0.15) is 16.8 Å². The molecule has 0 saturated carbocycles. The van der Waals surface area contributed by atoms with Gasteiger partial charge in [-0.25, -0.2) is 14.4 Å². The SMILES string of the molecule is CN1C(=O)/C(=C\[C@@]2(C(=O)OCC(C)(C)C)O[C@]3(C(=O)OCC(C)(C)C)O/C(=C\C(=O)OC(C)(C)C)C[C@@H]3[C@@]23C(=O)N(C)c2ccccc23)c2ccccc21. The second-order valence-electron chi connectivity index (χ2n) is 17.9. The molecular weight excluding hydrogens is 692 g/mol. The van der Waals surface area contributed by atoms with E-state index < -0.39 is 68.9 Å². The first-order valence-corrected chi connectivity index (χ1v) is 18.1. The van der Waals surface area contributed by atoms with Gasteiger partial charge in [0.2, 0.25) is 11.5 Å². The van der Waals surface area contributed by atoms with Gasteiger partial charge >= 0.3 is 23.7 Å². The lowest BCUT2D eigenvalue weighted by Gasteiger charge is -2.39. The lowest BCUT2D eigenvalue weighted by Crippen LogP contribution is -2.61. The third-order valence-corrected chi connectivity index (χ3v) is 9.88. The Labute approximate surface area is 316 Å². The van der Waals surface area contributed by atoms with Gasteiger partial charge in [-0.05, 0) is 55.4 Å². The van der Waals surface area contributed by atoms with E-state index in [2.05, 4.69) is 0 Å². The van der Waals surface area contributed by atoms with Crippen LogP contribution in [0.2, 0.25) is 0 Å². The second kappa shape index (κ2) is 12.8. The highest BCUT2D eigenvalue weighted by Gasteiger charge is 2.85. The fraction of sp³-hybridized carbons (Fsp3) is 0.500. The number of carbonyl (C=O) groups excluding carboxylic acids is 5. The molecule has 12 heteroatoms. The minimum Gasteiger partial charge on any atom is -0.463 e. The van der Waals surface area contributed by atoms with Gasteiger partial charge in [-0.2, -0.15) is 0 Å². The number of hydrogen-bond acceptors (Lipinski definition) is 10. The van der Waals surface area contributed by atoms with Crippen LogP contribution in [0.4, 0.5) is 11.4 Å². The number of ether oxygens (including phenoxy) is 5. The summed E-state index contributed by atoms with van der Waals surface area (Å²) in [6.07, 6.45) is 2.24. The normalized spacial score (nSPS) is 27.6. The summed E-state index contributed by atoms with van der Waals surface area (Å²) in [5.41, 5.74) is -4.49. The Morgan fingerprint density at radius 3 is 2.00 bits per heavy atom. The van der Waals surface area contributed by atoms with Crippen molar-refractivity contribution in [3.8, 4) is 0 Å². The van der Waals surface area contributed by atoms with Crippen LogP contribution in [0.3, 0.4) is 0 Å². The number of amides is 2. The molecule has 0 aromatic heterocycles. The summed E-state index contributed by atoms with van der Waals surface area (Å²) >= 11 is 0. The van der Waals surface area contributed by atoms with E-state index >= 15 is 9.59 Å². The third-order valence-electron chi connectivity index (χ3n) is 9.88. The number of anilines is 2. The average molecular weight is 743 g/mol. The summed E-state index contributed by atoms with van der Waals surface area (Å²) in [6, 6.07) is 14.0. The van der Waals surface area contributed by atoms with Crippen LogP contribution < -0.4 is 9.80 Å². The van der Waals surface area contributed by atoms with Crippen LogP contribution in [-0.4, -0.2) is 74.0 Å². The van der Waals surface area contributed by atoms with E-state index in [0.29, 0.717) is 22.5 Å². The Hall–Kier alpha value is -4.97. The molecule has 0 aliphatic carbocycles. The van der Waals surface area contributed by atoms with E-state index in [-0.39, 0.29) is 31.0 Å². The Morgan fingerprint density at radius 2 is 1.39 bits per heavy atom. The van der Waals surface area contributed by atoms with E-state index in [4.69, 9.17) is 23.7 Å². The lowest BCUT2D eigenvalue weighted by molar-refractivity contribution is -0.241. The Kier molecular flexibility index (Phi) is 9.20. The molecule has 4 atom stereocenters. The number of hydrogen-bond donors (Lipinski definition) is 0. The summed E-state index contributed by atoms with van der Waals surface area (Å²) in [6.45, 7) is 16.2. The zero-order chi connectivity index (χ0) is 39.8. The molecule has 0 radical (unpaired) electrons. The van der Waals surface area contributed by atoms with E-state index in [9.17, 15) is 14.4 Å². The number of para-hydroxylation sites is 2. The van der Waals surface area contributed by atoms with Crippen LogP contribution >= 0.6 is 0 Å². The highest BCUT2D eigenvalue weighted by Crippen LogP contribution is 2.68. The van der Waals surface area contributed by atoms with Crippen LogP contribution in [0.1, 0.15) is 79.9 Å².